The van der Waals surface area contributed by atoms with Crippen LogP contribution in [0.4, 0.5) is 4.39 Å². The second-order valence-electron chi connectivity index (χ2n) is 10.0. The van der Waals surface area contributed by atoms with Crippen molar-refractivity contribution in [3.05, 3.63) is 59.5 Å². The molecule has 0 radical (unpaired) electrons. The summed E-state index contributed by atoms with van der Waals surface area (Å²) in [6.45, 7) is 4.13. The standard InChI is InChI=1S/C27H31FN2O3/c1-3-27-12-11-26(2,33-17-25(31)32)15-20(27)6-4-5-18-14-24-19(13-23(18)27)16-29-30(24)22-9-7-21(28)8-10-22/h7-10,13-14,16,20H,3-6,11-12,15,17H2,1-2H3,(H,31,32)/t20-,26-,27-/m0/s1. The molecule has 3 atom stereocenters. The van der Waals surface area contributed by atoms with Crippen molar-refractivity contribution in [3.63, 3.8) is 0 Å². The van der Waals surface area contributed by atoms with Gasteiger partial charge in [0.2, 0.25) is 0 Å². The Morgan fingerprint density at radius 2 is 2.06 bits per heavy atom. The van der Waals surface area contributed by atoms with Gasteiger partial charge in [0.25, 0.3) is 0 Å². The lowest BCUT2D eigenvalue weighted by molar-refractivity contribution is -0.154. The van der Waals surface area contributed by atoms with Crippen LogP contribution in [0.2, 0.25) is 0 Å². The number of fused-ring (bicyclic) bond motifs is 4. The smallest absolute Gasteiger partial charge is 0.329 e. The number of halogens is 1. The van der Waals surface area contributed by atoms with Crippen LogP contribution in [0.1, 0.15) is 63.5 Å². The van der Waals surface area contributed by atoms with Crippen LogP contribution in [0.15, 0.2) is 42.6 Å². The molecular formula is C27H31FN2O3. The first-order valence-electron chi connectivity index (χ1n) is 12.0. The van der Waals surface area contributed by atoms with E-state index in [-0.39, 0.29) is 23.4 Å². The zero-order valence-corrected chi connectivity index (χ0v) is 19.3. The van der Waals surface area contributed by atoms with Gasteiger partial charge in [-0.2, -0.15) is 5.10 Å². The van der Waals surface area contributed by atoms with Crippen LogP contribution < -0.4 is 0 Å². The van der Waals surface area contributed by atoms with Crippen LogP contribution in [0.25, 0.3) is 16.6 Å². The molecule has 1 fully saturated rings. The van der Waals surface area contributed by atoms with Gasteiger partial charge in [0.15, 0.2) is 0 Å². The van der Waals surface area contributed by atoms with Crippen molar-refractivity contribution in [1.29, 1.82) is 0 Å². The molecule has 6 heteroatoms. The number of rotatable bonds is 5. The van der Waals surface area contributed by atoms with Crippen molar-refractivity contribution in [1.82, 2.24) is 9.78 Å². The van der Waals surface area contributed by atoms with Crippen LogP contribution >= 0.6 is 0 Å². The van der Waals surface area contributed by atoms with E-state index in [2.05, 4.69) is 31.1 Å². The zero-order chi connectivity index (χ0) is 23.2. The summed E-state index contributed by atoms with van der Waals surface area (Å²) in [6, 6.07) is 11.1. The second-order valence-corrected chi connectivity index (χ2v) is 10.0. The van der Waals surface area contributed by atoms with E-state index in [0.29, 0.717) is 5.92 Å². The fraction of sp³-hybridized carbons (Fsp3) is 0.481. The van der Waals surface area contributed by atoms with E-state index in [1.807, 2.05) is 10.9 Å². The number of ether oxygens (including phenoxy) is 1. The molecule has 1 heterocycles. The highest BCUT2D eigenvalue weighted by molar-refractivity contribution is 5.82. The summed E-state index contributed by atoms with van der Waals surface area (Å²) in [5, 5.41) is 14.8. The molecule has 0 bridgehead atoms. The monoisotopic (exact) mass is 450 g/mol. The van der Waals surface area contributed by atoms with Gasteiger partial charge in [-0.05, 0) is 111 Å². The van der Waals surface area contributed by atoms with E-state index in [1.165, 1.54) is 23.3 Å². The molecule has 5 nitrogen and oxygen atoms in total. The number of aromatic nitrogens is 2. The highest BCUT2D eigenvalue weighted by Crippen LogP contribution is 2.54. The van der Waals surface area contributed by atoms with Gasteiger partial charge >= 0.3 is 5.97 Å². The first-order valence-corrected chi connectivity index (χ1v) is 12.0. The van der Waals surface area contributed by atoms with Gasteiger partial charge in [-0.15, -0.1) is 0 Å². The molecule has 2 aromatic carbocycles. The number of carboxylic acid groups (broad SMARTS) is 1. The number of aliphatic carboxylic acids is 1. The Morgan fingerprint density at radius 3 is 2.79 bits per heavy atom. The first kappa shape index (κ1) is 22.1. The van der Waals surface area contributed by atoms with Gasteiger partial charge in [0.05, 0.1) is 23.0 Å². The van der Waals surface area contributed by atoms with E-state index in [0.717, 1.165) is 61.5 Å². The van der Waals surface area contributed by atoms with Crippen molar-refractivity contribution in [3.8, 4) is 5.69 Å². The molecule has 33 heavy (non-hydrogen) atoms. The minimum atomic E-state index is -0.907. The maximum absolute atomic E-state index is 13.4. The average Bonchev–Trinajstić information content (AvgIpc) is 3.14. The van der Waals surface area contributed by atoms with Gasteiger partial charge in [-0.25, -0.2) is 13.9 Å². The second kappa shape index (κ2) is 8.24. The van der Waals surface area contributed by atoms with Gasteiger partial charge < -0.3 is 9.84 Å². The maximum Gasteiger partial charge on any atom is 0.329 e. The zero-order valence-electron chi connectivity index (χ0n) is 19.3. The molecule has 0 spiro atoms. The maximum atomic E-state index is 13.4. The molecule has 0 aliphatic heterocycles. The Labute approximate surface area is 193 Å². The highest BCUT2D eigenvalue weighted by Gasteiger charge is 2.49. The summed E-state index contributed by atoms with van der Waals surface area (Å²) in [5.41, 5.74) is 4.40. The topological polar surface area (TPSA) is 64.3 Å². The van der Waals surface area contributed by atoms with Crippen LogP contribution in [-0.4, -0.2) is 33.1 Å². The van der Waals surface area contributed by atoms with Gasteiger partial charge in [-0.1, -0.05) is 6.92 Å². The molecular weight excluding hydrogens is 419 g/mol. The highest BCUT2D eigenvalue weighted by atomic mass is 19.1. The third-order valence-electron chi connectivity index (χ3n) is 8.13. The molecule has 1 saturated carbocycles. The van der Waals surface area contributed by atoms with E-state index in [1.54, 1.807) is 12.1 Å². The average molecular weight is 451 g/mol. The summed E-state index contributed by atoms with van der Waals surface area (Å²) in [5.74, 6) is -0.701. The lowest BCUT2D eigenvalue weighted by Crippen LogP contribution is -2.48. The quantitative estimate of drug-likeness (QED) is 0.533. The van der Waals surface area contributed by atoms with Crippen molar-refractivity contribution >= 4 is 16.9 Å². The summed E-state index contributed by atoms with van der Waals surface area (Å²) in [7, 11) is 0. The molecule has 2 aliphatic carbocycles. The molecule has 2 aliphatic rings. The summed E-state index contributed by atoms with van der Waals surface area (Å²) in [6.07, 6.45) is 8.94. The Balaban J connectivity index is 1.55. The summed E-state index contributed by atoms with van der Waals surface area (Å²) >= 11 is 0. The van der Waals surface area contributed by atoms with Crippen LogP contribution in [0.5, 0.6) is 0 Å². The molecule has 0 saturated heterocycles. The SMILES string of the molecule is CC[C@]12CC[C@](C)(OCC(=O)O)C[C@@H]1CCCc1cc3c(cnn3-c3ccc(F)cc3)cc12. The van der Waals surface area contributed by atoms with Crippen LogP contribution in [0.3, 0.4) is 0 Å². The fourth-order valence-corrected chi connectivity index (χ4v) is 6.38. The Hall–Kier alpha value is -2.73. The fourth-order valence-electron chi connectivity index (χ4n) is 6.38. The Kier molecular flexibility index (Phi) is 5.52. The number of hydrogen-bond acceptors (Lipinski definition) is 3. The summed E-state index contributed by atoms with van der Waals surface area (Å²) in [4.78, 5) is 11.1. The van der Waals surface area contributed by atoms with E-state index >= 15 is 0 Å². The van der Waals surface area contributed by atoms with E-state index in [4.69, 9.17) is 9.84 Å². The molecule has 1 aromatic heterocycles. The lowest BCUT2D eigenvalue weighted by atomic mass is 9.57. The predicted molar refractivity (Wildman–Crippen MR) is 125 cm³/mol. The summed E-state index contributed by atoms with van der Waals surface area (Å²) < 4.78 is 21.2. The number of aryl methyl sites for hydroxylation is 1. The minimum absolute atomic E-state index is 0.0735. The van der Waals surface area contributed by atoms with E-state index in [9.17, 15) is 9.18 Å². The first-order chi connectivity index (χ1) is 15.8. The third kappa shape index (κ3) is 3.84. The lowest BCUT2D eigenvalue weighted by Gasteiger charge is -2.50. The molecule has 1 N–H and O–H groups in total. The van der Waals surface area contributed by atoms with Crippen molar-refractivity contribution in [2.45, 2.75) is 69.8 Å². The third-order valence-corrected chi connectivity index (χ3v) is 8.13. The molecule has 3 aromatic rings. The Morgan fingerprint density at radius 1 is 1.27 bits per heavy atom. The van der Waals surface area contributed by atoms with Gasteiger partial charge in [-0.3, -0.25) is 0 Å². The van der Waals surface area contributed by atoms with Crippen molar-refractivity contribution in [2.24, 2.45) is 5.92 Å². The van der Waals surface area contributed by atoms with E-state index < -0.39 is 5.97 Å². The van der Waals surface area contributed by atoms with Crippen LogP contribution in [0, 0.1) is 11.7 Å². The minimum Gasteiger partial charge on any atom is -0.480 e. The molecule has 0 unspecified atom stereocenters. The Bertz CT molecular complexity index is 1190. The predicted octanol–water partition coefficient (Wildman–Crippen LogP) is 5.81. The van der Waals surface area contributed by atoms with Crippen LogP contribution in [-0.2, 0) is 21.4 Å². The van der Waals surface area contributed by atoms with Crippen molar-refractivity contribution in [2.75, 3.05) is 6.61 Å². The molecule has 174 valence electrons. The van der Waals surface area contributed by atoms with Gasteiger partial charge in [0.1, 0.15) is 12.4 Å². The normalized spacial score (nSPS) is 27.1. The number of carboxylic acids is 1. The number of carbonyl (C=O) groups is 1. The van der Waals surface area contributed by atoms with Gasteiger partial charge in [0, 0.05) is 5.39 Å². The number of nitrogens with zero attached hydrogens (tertiary/aromatic N) is 2. The number of benzene rings is 2. The largest absolute Gasteiger partial charge is 0.480 e. The molecule has 0 amide bonds. The van der Waals surface area contributed by atoms with Crippen molar-refractivity contribution < 1.29 is 19.0 Å². The molecule has 5 rings (SSSR count). The number of hydrogen-bond donors (Lipinski definition) is 1.